The molecule has 2 N–H and O–H groups in total. The Balaban J connectivity index is 3.15. The third-order valence-electron chi connectivity index (χ3n) is 1.79. The molecule has 0 fully saturated rings. The maximum absolute atomic E-state index is 10.7. The first kappa shape index (κ1) is 8.34. The number of carbonyl (C=O) groups is 1. The Morgan fingerprint density at radius 1 is 1.83 bits per heavy atom. The maximum Gasteiger partial charge on any atom is 0.329 e. The van der Waals surface area contributed by atoms with E-state index in [4.69, 9.17) is 10.4 Å². The van der Waals surface area contributed by atoms with Gasteiger partial charge in [-0.3, -0.25) is 4.79 Å². The van der Waals surface area contributed by atoms with Crippen molar-refractivity contribution in [2.75, 3.05) is 0 Å². The average Bonchev–Trinajstić information content (AvgIpc) is 2.54. The number of aliphatic carboxylic acids is 1. The third-order valence-corrected chi connectivity index (χ3v) is 1.79. The summed E-state index contributed by atoms with van der Waals surface area (Å²) in [4.78, 5) is 13.4. The van der Waals surface area contributed by atoms with Gasteiger partial charge in [0, 0.05) is 11.9 Å². The van der Waals surface area contributed by atoms with Gasteiger partial charge in [-0.1, -0.05) is 0 Å². The van der Waals surface area contributed by atoms with Gasteiger partial charge in [0.1, 0.15) is 0 Å². The average molecular weight is 164 g/mol. The predicted molar refractivity (Wildman–Crippen MR) is 41.4 cm³/mol. The van der Waals surface area contributed by atoms with E-state index in [2.05, 4.69) is 4.98 Å². The number of carboxylic acids is 1. The zero-order valence-electron chi connectivity index (χ0n) is 6.53. The monoisotopic (exact) mass is 164 g/mol. The largest absolute Gasteiger partial charge is 0.480 e. The zero-order chi connectivity index (χ0) is 9.19. The van der Waals surface area contributed by atoms with Crippen molar-refractivity contribution in [3.8, 4) is 6.07 Å². The van der Waals surface area contributed by atoms with E-state index in [1.165, 1.54) is 6.92 Å². The van der Waals surface area contributed by atoms with Crippen molar-refractivity contribution in [3.63, 3.8) is 0 Å². The Bertz CT molecular complexity index is 323. The second kappa shape index (κ2) is 2.70. The van der Waals surface area contributed by atoms with Crippen LogP contribution in [0.4, 0.5) is 0 Å². The SMILES string of the molecule is CC(C#N)(C(=O)O)c1ccc[nH]1. The Labute approximate surface area is 69.4 Å². The van der Waals surface area contributed by atoms with Crippen molar-refractivity contribution in [2.45, 2.75) is 12.3 Å². The summed E-state index contributed by atoms with van der Waals surface area (Å²) in [6, 6.07) is 4.99. The lowest BCUT2D eigenvalue weighted by Gasteiger charge is -2.13. The molecule has 1 unspecified atom stereocenters. The number of carboxylic acid groups (broad SMARTS) is 1. The van der Waals surface area contributed by atoms with Gasteiger partial charge in [-0.05, 0) is 19.1 Å². The molecule has 0 aromatic carbocycles. The van der Waals surface area contributed by atoms with Gasteiger partial charge in [0.2, 0.25) is 0 Å². The van der Waals surface area contributed by atoms with E-state index in [1.807, 2.05) is 0 Å². The number of nitrogens with one attached hydrogen (secondary N) is 1. The van der Waals surface area contributed by atoms with Crippen LogP contribution in [0.1, 0.15) is 12.6 Å². The minimum absolute atomic E-state index is 0.400. The smallest absolute Gasteiger partial charge is 0.329 e. The number of nitrogens with zero attached hydrogens (tertiary/aromatic N) is 1. The molecule has 62 valence electrons. The van der Waals surface area contributed by atoms with Gasteiger partial charge in [-0.25, -0.2) is 0 Å². The van der Waals surface area contributed by atoms with E-state index in [9.17, 15) is 4.79 Å². The number of nitriles is 1. The van der Waals surface area contributed by atoms with Crippen molar-refractivity contribution < 1.29 is 9.90 Å². The molecule has 0 aliphatic rings. The van der Waals surface area contributed by atoms with Gasteiger partial charge >= 0.3 is 5.97 Å². The van der Waals surface area contributed by atoms with Crippen molar-refractivity contribution in [2.24, 2.45) is 0 Å². The molecule has 0 amide bonds. The molecule has 0 radical (unpaired) electrons. The number of aromatic nitrogens is 1. The van der Waals surface area contributed by atoms with Crippen LogP contribution in [0.5, 0.6) is 0 Å². The summed E-state index contributed by atoms with van der Waals surface area (Å²) in [6.45, 7) is 1.36. The van der Waals surface area contributed by atoms with Crippen LogP contribution in [0.3, 0.4) is 0 Å². The van der Waals surface area contributed by atoms with Crippen LogP contribution < -0.4 is 0 Å². The van der Waals surface area contributed by atoms with Gasteiger partial charge in [0.15, 0.2) is 5.41 Å². The van der Waals surface area contributed by atoms with Crippen molar-refractivity contribution in [1.29, 1.82) is 5.26 Å². The summed E-state index contributed by atoms with van der Waals surface area (Å²) < 4.78 is 0. The first-order chi connectivity index (χ1) is 5.61. The normalized spacial score (nSPS) is 14.7. The second-order valence-corrected chi connectivity index (χ2v) is 2.63. The third kappa shape index (κ3) is 1.05. The fourth-order valence-electron chi connectivity index (χ4n) is 0.865. The Kier molecular flexibility index (Phi) is 1.88. The summed E-state index contributed by atoms with van der Waals surface area (Å²) in [5.41, 5.74) is -1.07. The maximum atomic E-state index is 10.7. The summed E-state index contributed by atoms with van der Waals surface area (Å²) in [5, 5.41) is 17.4. The number of H-pyrrole nitrogens is 1. The fraction of sp³-hybridized carbons (Fsp3) is 0.250. The number of hydrogen-bond acceptors (Lipinski definition) is 2. The molecule has 1 heterocycles. The van der Waals surface area contributed by atoms with E-state index >= 15 is 0 Å². The van der Waals surface area contributed by atoms with E-state index < -0.39 is 11.4 Å². The van der Waals surface area contributed by atoms with Crippen molar-refractivity contribution in [3.05, 3.63) is 24.0 Å². The lowest BCUT2D eigenvalue weighted by Crippen LogP contribution is -2.30. The Hall–Kier alpha value is -1.76. The molecule has 0 saturated carbocycles. The molecule has 0 saturated heterocycles. The number of rotatable bonds is 2. The van der Waals surface area contributed by atoms with Crippen molar-refractivity contribution in [1.82, 2.24) is 4.98 Å². The molecule has 0 aliphatic carbocycles. The van der Waals surface area contributed by atoms with E-state index in [1.54, 1.807) is 24.4 Å². The molecule has 1 aromatic rings. The van der Waals surface area contributed by atoms with Crippen LogP contribution in [0.15, 0.2) is 18.3 Å². The number of aromatic amines is 1. The summed E-state index contributed by atoms with van der Waals surface area (Å²) in [5.74, 6) is -1.15. The van der Waals surface area contributed by atoms with E-state index in [0.29, 0.717) is 5.69 Å². The highest BCUT2D eigenvalue weighted by molar-refractivity contribution is 5.83. The molecule has 1 atom stereocenters. The van der Waals surface area contributed by atoms with Gasteiger partial charge in [0.05, 0.1) is 6.07 Å². The Morgan fingerprint density at radius 2 is 2.50 bits per heavy atom. The standard InChI is InChI=1S/C8H8N2O2/c1-8(5-9,7(11)12)6-3-2-4-10-6/h2-4,10H,1H3,(H,11,12). The van der Waals surface area contributed by atoms with Crippen LogP contribution in [-0.4, -0.2) is 16.1 Å². The van der Waals surface area contributed by atoms with Crippen molar-refractivity contribution >= 4 is 5.97 Å². The molecule has 1 aromatic heterocycles. The van der Waals surface area contributed by atoms with Gasteiger partial charge < -0.3 is 10.1 Å². The minimum Gasteiger partial charge on any atom is -0.480 e. The highest BCUT2D eigenvalue weighted by atomic mass is 16.4. The lowest BCUT2D eigenvalue weighted by atomic mass is 9.89. The van der Waals surface area contributed by atoms with E-state index in [0.717, 1.165) is 0 Å². The Morgan fingerprint density at radius 3 is 2.83 bits per heavy atom. The van der Waals surface area contributed by atoms with Crippen LogP contribution in [0, 0.1) is 11.3 Å². The fourth-order valence-corrected chi connectivity index (χ4v) is 0.865. The van der Waals surface area contributed by atoms with Gasteiger partial charge in [0.25, 0.3) is 0 Å². The summed E-state index contributed by atoms with van der Waals surface area (Å²) >= 11 is 0. The first-order valence-electron chi connectivity index (χ1n) is 3.40. The molecule has 0 bridgehead atoms. The van der Waals surface area contributed by atoms with Crippen LogP contribution >= 0.6 is 0 Å². The zero-order valence-corrected chi connectivity index (χ0v) is 6.53. The van der Waals surface area contributed by atoms with Crippen LogP contribution in [0.2, 0.25) is 0 Å². The lowest BCUT2D eigenvalue weighted by molar-refractivity contribution is -0.141. The van der Waals surface area contributed by atoms with Gasteiger partial charge in [-0.15, -0.1) is 0 Å². The van der Waals surface area contributed by atoms with Crippen LogP contribution in [0.25, 0.3) is 0 Å². The molecular weight excluding hydrogens is 156 g/mol. The highest BCUT2D eigenvalue weighted by Crippen LogP contribution is 2.20. The molecular formula is C8H8N2O2. The predicted octanol–water partition coefficient (Wildman–Crippen LogP) is 0.881. The summed E-state index contributed by atoms with van der Waals surface area (Å²) in [7, 11) is 0. The van der Waals surface area contributed by atoms with Gasteiger partial charge in [-0.2, -0.15) is 5.26 Å². The quantitative estimate of drug-likeness (QED) is 0.681. The molecule has 12 heavy (non-hydrogen) atoms. The number of hydrogen-bond donors (Lipinski definition) is 2. The first-order valence-corrected chi connectivity index (χ1v) is 3.40. The minimum atomic E-state index is -1.47. The second-order valence-electron chi connectivity index (χ2n) is 2.63. The van der Waals surface area contributed by atoms with E-state index in [-0.39, 0.29) is 0 Å². The topological polar surface area (TPSA) is 76.9 Å². The molecule has 4 nitrogen and oxygen atoms in total. The summed E-state index contributed by atoms with van der Waals surface area (Å²) in [6.07, 6.45) is 1.59. The highest BCUT2D eigenvalue weighted by Gasteiger charge is 2.36. The molecule has 1 rings (SSSR count). The molecule has 0 aliphatic heterocycles. The molecule has 0 spiro atoms. The van der Waals surface area contributed by atoms with Crippen LogP contribution in [-0.2, 0) is 10.2 Å². The molecule has 4 heteroatoms.